The van der Waals surface area contributed by atoms with Crippen LogP contribution in [0.4, 0.5) is 0 Å². The van der Waals surface area contributed by atoms with Crippen molar-refractivity contribution in [2.24, 2.45) is 0 Å². The van der Waals surface area contributed by atoms with Gasteiger partial charge in [-0.05, 0) is 0 Å². The summed E-state index contributed by atoms with van der Waals surface area (Å²) in [5.41, 5.74) is 0. The molecule has 0 aromatic heterocycles. The third-order valence-electron chi connectivity index (χ3n) is 0.194. The molecule has 0 rings (SSSR count). The van der Waals surface area contributed by atoms with Crippen LogP contribution in [0.5, 0.6) is 0 Å². The zero-order valence-corrected chi connectivity index (χ0v) is 14.0. The van der Waals surface area contributed by atoms with Gasteiger partial charge in [0.1, 0.15) is 0 Å². The predicted molar refractivity (Wildman–Crippen MR) is 31.9 cm³/mol. The van der Waals surface area contributed by atoms with E-state index in [4.69, 9.17) is 15.3 Å². The van der Waals surface area contributed by atoms with Crippen molar-refractivity contribution in [2.45, 2.75) is 0 Å². The summed E-state index contributed by atoms with van der Waals surface area (Å²) in [5.74, 6) is 0. The van der Waals surface area contributed by atoms with Crippen LogP contribution in [-0.4, -0.2) is 31.0 Å². The number of rotatable bonds is 3. The van der Waals surface area contributed by atoms with E-state index in [0.717, 1.165) is 0 Å². The van der Waals surface area contributed by atoms with Crippen LogP contribution in [-0.2, 0) is 74.2 Å². The molecule has 0 heterocycles. The van der Waals surface area contributed by atoms with Crippen LogP contribution in [0.15, 0.2) is 0 Å². The number of hydrogen-bond acceptors (Lipinski definition) is 11. The molecule has 0 bridgehead atoms. The van der Waals surface area contributed by atoms with E-state index >= 15 is 0 Å². The molecule has 0 unspecified atom stereocenters. The maximum absolute atomic E-state index is 9.37. The van der Waals surface area contributed by atoms with Crippen molar-refractivity contribution >= 4 is 20.8 Å². The van der Waals surface area contributed by atoms with E-state index in [1.165, 1.54) is 0 Å². The van der Waals surface area contributed by atoms with Crippen LogP contribution in [0.25, 0.3) is 0 Å². The van der Waals surface area contributed by atoms with Crippen LogP contribution >= 0.6 is 0 Å². The molecule has 0 radical (unpaired) electrons. The van der Waals surface area contributed by atoms with Gasteiger partial charge in [0.25, 0.3) is 0 Å². The summed E-state index contributed by atoms with van der Waals surface area (Å²) in [6, 6.07) is 0. The predicted octanol–water partition coefficient (Wildman–Crippen LogP) is -5.39. The van der Waals surface area contributed by atoms with Gasteiger partial charge in [-0.3, -0.25) is 0 Å². The second kappa shape index (κ2) is 13.8. The third kappa shape index (κ3) is 58.4. The Kier molecular flexibility index (Phi) is 25.3. The quantitative estimate of drug-likeness (QED) is 0.0909. The standard InChI is InChI=1S/2Ag.NO3.Na.H2O8S2/c;;2-1(3)4;;1-9(2,3)7-8-10(4,5)6/h;;;;(H,1,2,3)(H,4,5,6)/q2*+1;-1;+1;/p-2. The molecule has 0 N–H and O–H groups in total. The Morgan fingerprint density at radius 3 is 1.00 bits per heavy atom. The molecule has 0 aliphatic carbocycles. The van der Waals surface area contributed by atoms with Gasteiger partial charge in [0.15, 0.2) is 0 Å². The van der Waals surface area contributed by atoms with E-state index < -0.39 is 25.9 Å². The number of hydrogen-bond donors (Lipinski definition) is 0. The maximum atomic E-state index is 9.37. The molecule has 106 valence electrons. The summed E-state index contributed by atoms with van der Waals surface area (Å²) in [7, 11) is -10.6. The van der Waals surface area contributed by atoms with Gasteiger partial charge >= 0.3 is 74.3 Å². The molecule has 0 aliphatic heterocycles. The number of nitrogens with zero attached hydrogens (tertiary/aromatic N) is 1. The summed E-state index contributed by atoms with van der Waals surface area (Å²) >= 11 is 0. The normalized spacial score (nSPS) is 9.29. The molecular weight excluding hydrogens is 493 g/mol. The van der Waals surface area contributed by atoms with Crippen LogP contribution in [0.2, 0.25) is 0 Å². The minimum atomic E-state index is -5.31. The molecule has 0 aliphatic rings. The van der Waals surface area contributed by atoms with Crippen LogP contribution in [0.1, 0.15) is 0 Å². The Labute approximate surface area is 148 Å². The molecule has 17 heteroatoms. The van der Waals surface area contributed by atoms with E-state index in [2.05, 4.69) is 8.67 Å². The molecule has 0 saturated carbocycles. The molecule has 0 spiro atoms. The van der Waals surface area contributed by atoms with E-state index in [1.54, 1.807) is 0 Å². The van der Waals surface area contributed by atoms with Gasteiger partial charge in [-0.15, -0.1) is 8.67 Å². The average molecular weight is 493 g/mol. The van der Waals surface area contributed by atoms with Crippen molar-refractivity contribution in [2.75, 3.05) is 0 Å². The fraction of sp³-hybridized carbons (Fsp3) is 0. The SMILES string of the molecule is O=S(=O)([O-])OOS(=O)(=O)[O-].O=[N+]([O-])[O-].[Ag+].[Ag+].[Na+]. The van der Waals surface area contributed by atoms with E-state index in [9.17, 15) is 25.9 Å². The van der Waals surface area contributed by atoms with Crippen molar-refractivity contribution in [3.8, 4) is 0 Å². The van der Waals surface area contributed by atoms with Gasteiger partial charge in [0.05, 0.1) is 5.09 Å². The molecule has 17 heavy (non-hydrogen) atoms. The van der Waals surface area contributed by atoms with Gasteiger partial charge in [-0.2, -0.15) is 0 Å². The molecule has 0 fully saturated rings. The van der Waals surface area contributed by atoms with Crippen molar-refractivity contribution in [1.29, 1.82) is 0 Å². The first-order chi connectivity index (χ1) is 5.94. The smallest absolute Gasteiger partial charge is 0.724 e. The average Bonchev–Trinajstić information content (AvgIpc) is 1.79. The van der Waals surface area contributed by atoms with Gasteiger partial charge in [-0.25, -0.2) is 16.8 Å². The van der Waals surface area contributed by atoms with Crippen molar-refractivity contribution in [3.63, 3.8) is 0 Å². The molecule has 12 nitrogen and oxygen atoms in total. The fourth-order valence-electron chi connectivity index (χ4n) is 0.0680. The van der Waals surface area contributed by atoms with Crippen molar-refractivity contribution in [3.05, 3.63) is 15.3 Å². The molecule has 0 amide bonds. The van der Waals surface area contributed by atoms with Gasteiger partial charge in [0.2, 0.25) is 20.8 Å². The second-order valence-electron chi connectivity index (χ2n) is 1.18. The zero-order valence-electron chi connectivity index (χ0n) is 7.36. The zero-order chi connectivity index (χ0) is 12.0. The van der Waals surface area contributed by atoms with E-state index in [1.807, 2.05) is 0 Å². The minimum Gasteiger partial charge on any atom is -0.724 e. The van der Waals surface area contributed by atoms with Crippen LogP contribution in [0.3, 0.4) is 0 Å². The van der Waals surface area contributed by atoms with Gasteiger partial charge in [0, 0.05) is 0 Å². The molecule has 0 saturated heterocycles. The minimum absolute atomic E-state index is 0. The first-order valence-corrected chi connectivity index (χ1v) is 4.71. The van der Waals surface area contributed by atoms with Gasteiger partial charge in [-0.1, -0.05) is 0 Å². The Bertz CT molecular complexity index is 334. The Balaban J connectivity index is -0.0000000607. The third-order valence-corrected chi connectivity index (χ3v) is 0.750. The second-order valence-corrected chi connectivity index (χ2v) is 3.08. The van der Waals surface area contributed by atoms with Gasteiger partial charge < -0.3 is 24.4 Å². The first kappa shape index (κ1) is 31.0. The summed E-state index contributed by atoms with van der Waals surface area (Å²) in [5, 5.41) is 14.8. The molecular formula is Ag2NNaO11S2. The first-order valence-electron chi connectivity index (χ1n) is 2.05. The summed E-state index contributed by atoms with van der Waals surface area (Å²) < 4.78 is 61.5. The molecule has 0 aromatic carbocycles. The summed E-state index contributed by atoms with van der Waals surface area (Å²) in [6.07, 6.45) is 0. The van der Waals surface area contributed by atoms with Crippen LogP contribution < -0.4 is 29.6 Å². The van der Waals surface area contributed by atoms with E-state index in [0.29, 0.717) is 0 Å². The molecule has 0 atom stereocenters. The largest absolute Gasteiger partial charge is 1.00 e. The Hall–Kier alpha value is 1.42. The topological polar surface area (TPSA) is 199 Å². The van der Waals surface area contributed by atoms with Crippen molar-refractivity contribution in [1.82, 2.24) is 0 Å². The Morgan fingerprint density at radius 1 is 0.824 bits per heavy atom. The molecule has 0 aromatic rings. The maximum Gasteiger partial charge on any atom is 1.00 e. The fourth-order valence-corrected chi connectivity index (χ4v) is 0.612. The van der Waals surface area contributed by atoms with Crippen molar-refractivity contribution < 1.29 is 114 Å². The summed E-state index contributed by atoms with van der Waals surface area (Å²) in [4.78, 5) is 8.25. The van der Waals surface area contributed by atoms with Crippen LogP contribution in [0, 0.1) is 15.3 Å². The van der Waals surface area contributed by atoms with E-state index in [-0.39, 0.29) is 74.3 Å². The summed E-state index contributed by atoms with van der Waals surface area (Å²) in [6.45, 7) is 0. The monoisotopic (exact) mass is 491 g/mol. The Morgan fingerprint density at radius 2 is 0.941 bits per heavy atom.